The Morgan fingerprint density at radius 1 is 1.18 bits per heavy atom. The summed E-state index contributed by atoms with van der Waals surface area (Å²) < 4.78 is 4.87. The monoisotopic (exact) mass is 300 g/mol. The summed E-state index contributed by atoms with van der Waals surface area (Å²) in [5.41, 5.74) is 3.23. The number of unbranched alkanes of at least 4 members (excludes halogenated alkanes) is 3. The lowest BCUT2D eigenvalue weighted by Crippen LogP contribution is -2.03. The van der Waals surface area contributed by atoms with Gasteiger partial charge in [-0.05, 0) is 13.3 Å². The predicted octanol–water partition coefficient (Wildman–Crippen LogP) is 4.29. The van der Waals surface area contributed by atoms with E-state index in [9.17, 15) is 4.79 Å². The molecular weight excluding hydrogens is 276 g/mol. The minimum absolute atomic E-state index is 0.372. The van der Waals surface area contributed by atoms with Gasteiger partial charge in [0.2, 0.25) is 0 Å². The van der Waals surface area contributed by atoms with Crippen LogP contribution in [0.5, 0.6) is 0 Å². The second-order valence-electron chi connectivity index (χ2n) is 5.58. The van der Waals surface area contributed by atoms with Crippen molar-refractivity contribution in [2.45, 2.75) is 46.0 Å². The second kappa shape index (κ2) is 7.78. The van der Waals surface area contributed by atoms with Crippen molar-refractivity contribution in [2.75, 3.05) is 7.11 Å². The number of aromatic amines is 1. The fourth-order valence-corrected chi connectivity index (χ4v) is 2.43. The van der Waals surface area contributed by atoms with Crippen molar-refractivity contribution in [3.8, 4) is 11.3 Å². The summed E-state index contributed by atoms with van der Waals surface area (Å²) >= 11 is 0. The van der Waals surface area contributed by atoms with Crippen molar-refractivity contribution in [1.82, 2.24) is 9.97 Å². The van der Waals surface area contributed by atoms with E-state index in [1.165, 1.54) is 31.9 Å². The van der Waals surface area contributed by atoms with Crippen LogP contribution in [0.4, 0.5) is 0 Å². The van der Waals surface area contributed by atoms with Gasteiger partial charge in [0.15, 0.2) is 5.69 Å². The zero-order valence-electron chi connectivity index (χ0n) is 13.6. The largest absolute Gasteiger partial charge is 0.464 e. The number of methoxy groups -OCH3 is 1. The number of imidazole rings is 1. The maximum Gasteiger partial charge on any atom is 0.356 e. The van der Waals surface area contributed by atoms with Crippen LogP contribution in [0, 0.1) is 6.92 Å². The van der Waals surface area contributed by atoms with E-state index in [-0.39, 0.29) is 5.97 Å². The van der Waals surface area contributed by atoms with Crippen LogP contribution in [0.2, 0.25) is 0 Å². The van der Waals surface area contributed by atoms with E-state index in [1.807, 2.05) is 31.2 Å². The fourth-order valence-electron chi connectivity index (χ4n) is 2.43. The molecule has 118 valence electrons. The number of nitrogens with zero attached hydrogens (tertiary/aromatic N) is 1. The molecule has 1 N–H and O–H groups in total. The Kier molecular flexibility index (Phi) is 5.75. The Hall–Kier alpha value is -2.10. The van der Waals surface area contributed by atoms with Gasteiger partial charge in [-0.25, -0.2) is 9.78 Å². The molecule has 2 aromatic rings. The van der Waals surface area contributed by atoms with Crippen molar-refractivity contribution in [1.29, 1.82) is 0 Å². The van der Waals surface area contributed by atoms with E-state index >= 15 is 0 Å². The van der Waals surface area contributed by atoms with Crippen LogP contribution in [-0.4, -0.2) is 23.0 Å². The van der Waals surface area contributed by atoms with Gasteiger partial charge >= 0.3 is 5.97 Å². The Morgan fingerprint density at radius 2 is 1.91 bits per heavy atom. The molecule has 0 unspecified atom stereocenters. The zero-order chi connectivity index (χ0) is 15.9. The Balaban J connectivity index is 2.24. The van der Waals surface area contributed by atoms with Crippen LogP contribution in [0.25, 0.3) is 11.3 Å². The third kappa shape index (κ3) is 3.97. The van der Waals surface area contributed by atoms with Crippen molar-refractivity contribution in [2.24, 2.45) is 0 Å². The van der Waals surface area contributed by atoms with Gasteiger partial charge in [-0.2, -0.15) is 0 Å². The first-order chi connectivity index (χ1) is 10.7. The first-order valence-corrected chi connectivity index (χ1v) is 7.90. The summed E-state index contributed by atoms with van der Waals surface area (Å²) in [6.07, 6.45) is 5.56. The number of nitrogens with one attached hydrogen (secondary N) is 1. The topological polar surface area (TPSA) is 55.0 Å². The van der Waals surface area contributed by atoms with Crippen LogP contribution in [0.1, 0.15) is 54.5 Å². The van der Waals surface area contributed by atoms with Gasteiger partial charge in [0, 0.05) is 12.0 Å². The van der Waals surface area contributed by atoms with Crippen molar-refractivity contribution in [3.05, 3.63) is 41.3 Å². The average Bonchev–Trinajstić information content (AvgIpc) is 2.96. The van der Waals surface area contributed by atoms with E-state index in [4.69, 9.17) is 4.74 Å². The number of hydrogen-bond acceptors (Lipinski definition) is 3. The Labute approximate surface area is 131 Å². The molecule has 0 aliphatic rings. The van der Waals surface area contributed by atoms with Crippen molar-refractivity contribution < 1.29 is 9.53 Å². The Morgan fingerprint density at radius 3 is 2.55 bits per heavy atom. The number of esters is 1. The SMILES string of the molecule is CCCCCCc1nc(-c2ccc(C)cc2)c(C(=O)OC)[nH]1. The molecule has 2 rings (SSSR count). The summed E-state index contributed by atoms with van der Waals surface area (Å²) in [6.45, 7) is 4.23. The number of benzene rings is 1. The number of aryl methyl sites for hydroxylation is 2. The summed E-state index contributed by atoms with van der Waals surface area (Å²) in [6, 6.07) is 8.01. The van der Waals surface area contributed by atoms with Gasteiger partial charge in [-0.15, -0.1) is 0 Å². The molecule has 1 heterocycles. The molecule has 0 radical (unpaired) electrons. The number of rotatable bonds is 7. The smallest absolute Gasteiger partial charge is 0.356 e. The van der Waals surface area contributed by atoms with E-state index in [2.05, 4.69) is 16.9 Å². The molecule has 0 saturated carbocycles. The number of ether oxygens (including phenoxy) is 1. The number of hydrogen-bond donors (Lipinski definition) is 1. The molecular formula is C18H24N2O2. The minimum Gasteiger partial charge on any atom is -0.464 e. The van der Waals surface area contributed by atoms with Crippen LogP contribution in [-0.2, 0) is 11.2 Å². The second-order valence-corrected chi connectivity index (χ2v) is 5.58. The van der Waals surface area contributed by atoms with E-state index in [1.54, 1.807) is 0 Å². The Bertz CT molecular complexity index is 615. The fraction of sp³-hybridized carbons (Fsp3) is 0.444. The summed E-state index contributed by atoms with van der Waals surface area (Å²) in [4.78, 5) is 19.7. The van der Waals surface area contributed by atoms with Gasteiger partial charge in [0.1, 0.15) is 11.5 Å². The first-order valence-electron chi connectivity index (χ1n) is 7.90. The molecule has 0 bridgehead atoms. The molecule has 4 nitrogen and oxygen atoms in total. The maximum atomic E-state index is 12.0. The number of aromatic nitrogens is 2. The molecule has 0 aliphatic heterocycles. The van der Waals surface area contributed by atoms with E-state index in [0.29, 0.717) is 11.4 Å². The summed E-state index contributed by atoms with van der Waals surface area (Å²) in [5, 5.41) is 0. The molecule has 0 fully saturated rings. The van der Waals surface area contributed by atoms with Crippen LogP contribution in [0.3, 0.4) is 0 Å². The van der Waals surface area contributed by atoms with Gasteiger partial charge in [-0.3, -0.25) is 0 Å². The lowest BCUT2D eigenvalue weighted by molar-refractivity contribution is 0.0595. The van der Waals surface area contributed by atoms with Gasteiger partial charge in [0.25, 0.3) is 0 Å². The molecule has 0 spiro atoms. The van der Waals surface area contributed by atoms with Crippen molar-refractivity contribution >= 4 is 5.97 Å². The highest BCUT2D eigenvalue weighted by Gasteiger charge is 2.19. The summed E-state index contributed by atoms with van der Waals surface area (Å²) in [7, 11) is 1.39. The lowest BCUT2D eigenvalue weighted by Gasteiger charge is -2.01. The van der Waals surface area contributed by atoms with Crippen LogP contribution < -0.4 is 0 Å². The molecule has 0 saturated heterocycles. The van der Waals surface area contributed by atoms with Gasteiger partial charge < -0.3 is 9.72 Å². The first kappa shape index (κ1) is 16.3. The highest BCUT2D eigenvalue weighted by Crippen LogP contribution is 2.23. The average molecular weight is 300 g/mol. The third-order valence-electron chi connectivity index (χ3n) is 3.73. The lowest BCUT2D eigenvalue weighted by atomic mass is 10.1. The summed E-state index contributed by atoms with van der Waals surface area (Å²) in [5.74, 6) is 0.481. The van der Waals surface area contributed by atoms with E-state index in [0.717, 1.165) is 24.2 Å². The number of H-pyrrole nitrogens is 1. The maximum absolute atomic E-state index is 12.0. The van der Waals surface area contributed by atoms with Gasteiger partial charge in [-0.1, -0.05) is 56.0 Å². The highest BCUT2D eigenvalue weighted by atomic mass is 16.5. The molecule has 0 aliphatic carbocycles. The molecule has 1 aromatic carbocycles. The van der Waals surface area contributed by atoms with E-state index < -0.39 is 0 Å². The quantitative estimate of drug-likeness (QED) is 0.613. The van der Waals surface area contributed by atoms with Gasteiger partial charge in [0.05, 0.1) is 7.11 Å². The number of carbonyl (C=O) groups is 1. The minimum atomic E-state index is -0.372. The zero-order valence-corrected chi connectivity index (χ0v) is 13.6. The molecule has 0 atom stereocenters. The highest BCUT2D eigenvalue weighted by molar-refractivity contribution is 5.94. The van der Waals surface area contributed by atoms with Crippen LogP contribution in [0.15, 0.2) is 24.3 Å². The molecule has 0 amide bonds. The molecule has 1 aromatic heterocycles. The third-order valence-corrected chi connectivity index (χ3v) is 3.73. The molecule has 4 heteroatoms. The normalized spacial score (nSPS) is 10.7. The molecule has 22 heavy (non-hydrogen) atoms. The van der Waals surface area contributed by atoms with Crippen molar-refractivity contribution in [3.63, 3.8) is 0 Å². The number of carbonyl (C=O) groups excluding carboxylic acids is 1. The standard InChI is InChI=1S/C18H24N2O2/c1-4-5-6-7-8-15-19-16(17(20-15)18(21)22-3)14-11-9-13(2)10-12-14/h9-12H,4-8H2,1-3H3,(H,19,20). The van der Waals surface area contributed by atoms with Crippen LogP contribution >= 0.6 is 0 Å². The predicted molar refractivity (Wildman–Crippen MR) is 87.9 cm³/mol.